The first-order valence-electron chi connectivity index (χ1n) is 4.82. The van der Waals surface area contributed by atoms with Crippen LogP contribution in [0.3, 0.4) is 0 Å². The highest BCUT2D eigenvalue weighted by Gasteiger charge is 2.51. The summed E-state index contributed by atoms with van der Waals surface area (Å²) in [4.78, 5) is 23.2. The van der Waals surface area contributed by atoms with Gasteiger partial charge in [0, 0.05) is 0 Å². The van der Waals surface area contributed by atoms with Crippen molar-refractivity contribution < 1.29 is 23.8 Å². The lowest BCUT2D eigenvalue weighted by Gasteiger charge is -2.19. The van der Waals surface area contributed by atoms with Crippen LogP contribution in [-0.4, -0.2) is 37.9 Å². The molecule has 0 spiro atoms. The van der Waals surface area contributed by atoms with E-state index in [9.17, 15) is 9.59 Å². The van der Waals surface area contributed by atoms with Crippen molar-refractivity contribution in [2.75, 3.05) is 14.2 Å². The van der Waals surface area contributed by atoms with Gasteiger partial charge >= 0.3 is 11.9 Å². The maximum atomic E-state index is 11.6. The fourth-order valence-electron chi connectivity index (χ4n) is 2.06. The minimum absolute atomic E-state index is 0.231. The first kappa shape index (κ1) is 10.9. The summed E-state index contributed by atoms with van der Waals surface area (Å²) in [5, 5.41) is 0. The van der Waals surface area contributed by atoms with Crippen LogP contribution in [0.15, 0.2) is 23.3 Å². The Hall–Kier alpha value is -1.62. The van der Waals surface area contributed by atoms with E-state index in [2.05, 4.69) is 9.47 Å². The predicted molar refractivity (Wildman–Crippen MR) is 53.5 cm³/mol. The van der Waals surface area contributed by atoms with Crippen molar-refractivity contribution in [3.63, 3.8) is 0 Å². The molecule has 0 saturated carbocycles. The third kappa shape index (κ3) is 1.28. The van der Waals surface area contributed by atoms with Gasteiger partial charge in [-0.05, 0) is 13.0 Å². The zero-order valence-corrected chi connectivity index (χ0v) is 9.27. The van der Waals surface area contributed by atoms with E-state index < -0.39 is 23.6 Å². The van der Waals surface area contributed by atoms with Crippen LogP contribution in [0.25, 0.3) is 0 Å². The van der Waals surface area contributed by atoms with E-state index in [1.165, 1.54) is 14.2 Å². The van der Waals surface area contributed by atoms with E-state index >= 15 is 0 Å². The molecule has 0 unspecified atom stereocenters. The fourth-order valence-corrected chi connectivity index (χ4v) is 2.06. The van der Waals surface area contributed by atoms with Crippen LogP contribution in [0.5, 0.6) is 0 Å². The maximum absolute atomic E-state index is 11.6. The Labute approximate surface area is 92.7 Å². The van der Waals surface area contributed by atoms with E-state index in [1.54, 1.807) is 19.1 Å². The van der Waals surface area contributed by atoms with Gasteiger partial charge in [0.2, 0.25) is 0 Å². The molecule has 0 saturated heterocycles. The molecule has 0 fully saturated rings. The Morgan fingerprint density at radius 3 is 2.50 bits per heavy atom. The van der Waals surface area contributed by atoms with Crippen molar-refractivity contribution >= 4 is 11.9 Å². The first-order valence-corrected chi connectivity index (χ1v) is 4.82. The fraction of sp³-hybridized carbons (Fsp3) is 0.455. The summed E-state index contributed by atoms with van der Waals surface area (Å²) >= 11 is 0. The van der Waals surface area contributed by atoms with Crippen molar-refractivity contribution in [1.82, 2.24) is 0 Å². The molecule has 2 bridgehead atoms. The largest absolute Gasteiger partial charge is 0.466 e. The van der Waals surface area contributed by atoms with Crippen molar-refractivity contribution in [3.05, 3.63) is 23.3 Å². The van der Waals surface area contributed by atoms with Gasteiger partial charge in [-0.15, -0.1) is 0 Å². The van der Waals surface area contributed by atoms with Gasteiger partial charge in [0.25, 0.3) is 0 Å². The molecule has 0 aliphatic carbocycles. The Bertz CT molecular complexity index is 420. The second-order valence-corrected chi connectivity index (χ2v) is 3.78. The SMILES string of the molecule is COC(=O)C1=C(C(=O)OC)[C@]2(C)C=C[C@@H]1O2. The quantitative estimate of drug-likeness (QED) is 0.500. The monoisotopic (exact) mass is 224 g/mol. The van der Waals surface area contributed by atoms with Crippen LogP contribution in [0.4, 0.5) is 0 Å². The van der Waals surface area contributed by atoms with E-state index in [0.29, 0.717) is 0 Å². The Morgan fingerprint density at radius 1 is 1.31 bits per heavy atom. The molecule has 2 aliphatic heterocycles. The first-order chi connectivity index (χ1) is 7.53. The van der Waals surface area contributed by atoms with E-state index in [1.807, 2.05) is 0 Å². The van der Waals surface area contributed by atoms with Gasteiger partial charge in [-0.1, -0.05) is 6.08 Å². The second kappa shape index (κ2) is 3.45. The number of hydrogen-bond acceptors (Lipinski definition) is 5. The van der Waals surface area contributed by atoms with Gasteiger partial charge < -0.3 is 14.2 Å². The molecule has 0 aromatic heterocycles. The van der Waals surface area contributed by atoms with E-state index in [0.717, 1.165) is 0 Å². The smallest absolute Gasteiger partial charge is 0.337 e. The highest BCUT2D eigenvalue weighted by molar-refractivity contribution is 6.04. The molecule has 0 aromatic carbocycles. The topological polar surface area (TPSA) is 61.8 Å². The molecular weight excluding hydrogens is 212 g/mol. The lowest BCUT2D eigenvalue weighted by Crippen LogP contribution is -2.29. The molecule has 5 heteroatoms. The molecule has 2 rings (SSSR count). The number of carbonyl (C=O) groups is 2. The molecule has 86 valence electrons. The lowest BCUT2D eigenvalue weighted by atomic mass is 9.88. The average molecular weight is 224 g/mol. The Balaban J connectivity index is 2.50. The van der Waals surface area contributed by atoms with Crippen LogP contribution in [0, 0.1) is 0 Å². The molecule has 0 N–H and O–H groups in total. The van der Waals surface area contributed by atoms with Crippen LogP contribution in [0.1, 0.15) is 6.92 Å². The van der Waals surface area contributed by atoms with Gasteiger partial charge in [-0.25, -0.2) is 9.59 Å². The predicted octanol–water partition coefficient (Wildman–Crippen LogP) is 0.356. The van der Waals surface area contributed by atoms with Crippen molar-refractivity contribution in [3.8, 4) is 0 Å². The third-order valence-electron chi connectivity index (χ3n) is 2.81. The van der Waals surface area contributed by atoms with Crippen molar-refractivity contribution in [2.45, 2.75) is 18.6 Å². The van der Waals surface area contributed by atoms with Gasteiger partial charge in [0.05, 0.1) is 25.4 Å². The van der Waals surface area contributed by atoms with Crippen molar-refractivity contribution in [1.29, 1.82) is 0 Å². The maximum Gasteiger partial charge on any atom is 0.337 e. The van der Waals surface area contributed by atoms with E-state index in [4.69, 9.17) is 4.74 Å². The zero-order chi connectivity index (χ0) is 11.9. The lowest BCUT2D eigenvalue weighted by molar-refractivity contribution is -0.139. The molecule has 16 heavy (non-hydrogen) atoms. The highest BCUT2D eigenvalue weighted by Crippen LogP contribution is 2.43. The van der Waals surface area contributed by atoms with Gasteiger partial charge in [-0.2, -0.15) is 0 Å². The standard InChI is InChI=1S/C11H12O5/c1-11-5-4-6(16-11)7(9(12)14-2)8(11)10(13)15-3/h4-6H,1-3H3/t6-,11-/m0/s1. The summed E-state index contributed by atoms with van der Waals surface area (Å²) < 4.78 is 14.8. The summed E-state index contributed by atoms with van der Waals surface area (Å²) in [6.45, 7) is 1.71. The van der Waals surface area contributed by atoms with Crippen LogP contribution in [-0.2, 0) is 23.8 Å². The Kier molecular flexibility index (Phi) is 2.35. The molecule has 2 aliphatic rings. The summed E-state index contributed by atoms with van der Waals surface area (Å²) in [5.41, 5.74) is -0.407. The van der Waals surface area contributed by atoms with Crippen molar-refractivity contribution in [2.24, 2.45) is 0 Å². The number of hydrogen-bond donors (Lipinski definition) is 0. The molecule has 0 radical (unpaired) electrons. The molecule has 5 nitrogen and oxygen atoms in total. The second-order valence-electron chi connectivity index (χ2n) is 3.78. The number of carbonyl (C=O) groups excluding carboxylic acids is 2. The number of methoxy groups -OCH3 is 2. The van der Waals surface area contributed by atoms with Crippen LogP contribution >= 0.6 is 0 Å². The number of fused-ring (bicyclic) bond motifs is 2. The van der Waals surface area contributed by atoms with Gasteiger partial charge in [0.15, 0.2) is 0 Å². The Morgan fingerprint density at radius 2 is 1.94 bits per heavy atom. The molecular formula is C11H12O5. The van der Waals surface area contributed by atoms with E-state index in [-0.39, 0.29) is 11.1 Å². The zero-order valence-electron chi connectivity index (χ0n) is 9.27. The van der Waals surface area contributed by atoms with Crippen LogP contribution < -0.4 is 0 Å². The van der Waals surface area contributed by atoms with Gasteiger partial charge in [0.1, 0.15) is 11.7 Å². The highest BCUT2D eigenvalue weighted by atomic mass is 16.6. The molecule has 0 amide bonds. The summed E-state index contributed by atoms with van der Waals surface area (Å²) in [5.74, 6) is -1.12. The third-order valence-corrected chi connectivity index (χ3v) is 2.81. The van der Waals surface area contributed by atoms with Crippen LogP contribution in [0.2, 0.25) is 0 Å². The minimum atomic E-state index is -0.874. The summed E-state index contributed by atoms with van der Waals surface area (Å²) in [6.07, 6.45) is 2.97. The number of esters is 2. The number of ether oxygens (including phenoxy) is 3. The van der Waals surface area contributed by atoms with Gasteiger partial charge in [-0.3, -0.25) is 0 Å². The molecule has 2 atom stereocenters. The minimum Gasteiger partial charge on any atom is -0.466 e. The average Bonchev–Trinajstić information content (AvgIpc) is 2.79. The normalized spacial score (nSPS) is 30.8. The number of rotatable bonds is 2. The molecule has 0 aromatic rings. The summed E-state index contributed by atoms with van der Waals surface area (Å²) in [7, 11) is 2.53. The molecule has 2 heterocycles. The summed E-state index contributed by atoms with van der Waals surface area (Å²) in [6, 6.07) is 0.